The summed E-state index contributed by atoms with van der Waals surface area (Å²) in [6.07, 6.45) is 0. The maximum Gasteiger partial charge on any atom is 0.141 e. The second kappa shape index (κ2) is 2.97. The third-order valence-electron chi connectivity index (χ3n) is 1.88. The van der Waals surface area contributed by atoms with Crippen molar-refractivity contribution in [1.82, 2.24) is 0 Å². The molecule has 0 aliphatic rings. The summed E-state index contributed by atoms with van der Waals surface area (Å²) in [6.45, 7) is -0.0712. The lowest BCUT2D eigenvalue weighted by atomic mass is 10.2. The zero-order valence-corrected chi connectivity index (χ0v) is 7.57. The van der Waals surface area contributed by atoms with Crippen LogP contribution in [0.15, 0.2) is 18.2 Å². The normalized spacial score (nSPS) is 10.9. The number of rotatable bonds is 1. The molecule has 0 atom stereocenters. The van der Waals surface area contributed by atoms with Gasteiger partial charge in [-0.1, -0.05) is 0 Å². The van der Waals surface area contributed by atoms with Gasteiger partial charge in [0.2, 0.25) is 0 Å². The largest absolute Gasteiger partial charge is 0.398 e. The first-order chi connectivity index (χ1) is 6.22. The van der Waals surface area contributed by atoms with E-state index < -0.39 is 0 Å². The Bertz CT molecular complexity index is 413. The van der Waals surface area contributed by atoms with Gasteiger partial charge in [0.05, 0.1) is 11.3 Å². The molecule has 68 valence electrons. The van der Waals surface area contributed by atoms with Gasteiger partial charge in [-0.15, -0.1) is 11.3 Å². The van der Waals surface area contributed by atoms with Crippen LogP contribution < -0.4 is 5.73 Å². The number of halogens is 1. The van der Waals surface area contributed by atoms with E-state index in [1.165, 1.54) is 23.5 Å². The van der Waals surface area contributed by atoms with Crippen LogP contribution in [-0.4, -0.2) is 5.11 Å². The summed E-state index contributed by atoms with van der Waals surface area (Å²) in [5, 5.41) is 9.56. The van der Waals surface area contributed by atoms with Gasteiger partial charge in [-0.3, -0.25) is 0 Å². The van der Waals surface area contributed by atoms with Gasteiger partial charge < -0.3 is 10.8 Å². The Hall–Kier alpha value is -1.13. The Morgan fingerprint density at radius 1 is 1.46 bits per heavy atom. The van der Waals surface area contributed by atoms with Gasteiger partial charge in [-0.05, 0) is 18.2 Å². The van der Waals surface area contributed by atoms with E-state index in [9.17, 15) is 4.39 Å². The highest BCUT2D eigenvalue weighted by atomic mass is 32.1. The number of nitrogen functional groups attached to an aromatic ring is 1. The van der Waals surface area contributed by atoms with E-state index in [4.69, 9.17) is 10.8 Å². The molecule has 2 rings (SSSR count). The maximum atomic E-state index is 13.2. The van der Waals surface area contributed by atoms with Gasteiger partial charge in [0, 0.05) is 16.0 Å². The number of hydrogen-bond donors (Lipinski definition) is 2. The van der Waals surface area contributed by atoms with Crippen LogP contribution in [0.2, 0.25) is 0 Å². The molecule has 0 bridgehead atoms. The molecule has 0 spiro atoms. The molecule has 0 saturated heterocycles. The number of benzene rings is 1. The average Bonchev–Trinajstić information content (AvgIpc) is 2.56. The minimum atomic E-state index is -0.283. The Morgan fingerprint density at radius 2 is 2.23 bits per heavy atom. The SMILES string of the molecule is Nc1ccc(F)c2sc(CO)cc12. The first kappa shape index (κ1) is 8.47. The number of anilines is 1. The van der Waals surface area contributed by atoms with Crippen molar-refractivity contribution in [3.8, 4) is 0 Å². The smallest absolute Gasteiger partial charge is 0.141 e. The molecule has 2 nitrogen and oxygen atoms in total. The predicted molar refractivity (Wildman–Crippen MR) is 52.1 cm³/mol. The van der Waals surface area contributed by atoms with Crippen LogP contribution >= 0.6 is 11.3 Å². The molecule has 0 unspecified atom stereocenters. The summed E-state index contributed by atoms with van der Waals surface area (Å²) < 4.78 is 13.7. The highest BCUT2D eigenvalue weighted by Gasteiger charge is 2.07. The van der Waals surface area contributed by atoms with Crippen molar-refractivity contribution in [2.24, 2.45) is 0 Å². The van der Waals surface area contributed by atoms with Crippen molar-refractivity contribution in [3.63, 3.8) is 0 Å². The van der Waals surface area contributed by atoms with Crippen LogP contribution in [0.3, 0.4) is 0 Å². The molecule has 0 aliphatic heterocycles. The van der Waals surface area contributed by atoms with Crippen molar-refractivity contribution in [2.45, 2.75) is 6.61 Å². The summed E-state index contributed by atoms with van der Waals surface area (Å²) in [5.41, 5.74) is 6.20. The first-order valence-electron chi connectivity index (χ1n) is 3.79. The molecule has 0 radical (unpaired) electrons. The van der Waals surface area contributed by atoms with Crippen molar-refractivity contribution < 1.29 is 9.50 Å². The van der Waals surface area contributed by atoms with E-state index in [0.29, 0.717) is 15.8 Å². The van der Waals surface area contributed by atoms with Crippen molar-refractivity contribution in [1.29, 1.82) is 0 Å². The van der Waals surface area contributed by atoms with Gasteiger partial charge in [0.1, 0.15) is 5.82 Å². The lowest BCUT2D eigenvalue weighted by molar-refractivity contribution is 0.285. The van der Waals surface area contributed by atoms with E-state index in [1.54, 1.807) is 6.07 Å². The topological polar surface area (TPSA) is 46.2 Å². The van der Waals surface area contributed by atoms with E-state index in [0.717, 1.165) is 4.88 Å². The number of hydrogen-bond acceptors (Lipinski definition) is 3. The summed E-state index contributed by atoms with van der Waals surface area (Å²) in [4.78, 5) is 0.729. The van der Waals surface area contributed by atoms with Crippen molar-refractivity contribution in [2.75, 3.05) is 5.73 Å². The second-order valence-corrected chi connectivity index (χ2v) is 3.89. The zero-order chi connectivity index (χ0) is 9.42. The minimum Gasteiger partial charge on any atom is -0.398 e. The monoisotopic (exact) mass is 197 g/mol. The fraction of sp³-hybridized carbons (Fsp3) is 0.111. The molecule has 2 aromatic rings. The Kier molecular flexibility index (Phi) is 1.94. The molecule has 0 saturated carbocycles. The standard InChI is InChI=1S/C9H8FNOS/c10-7-1-2-8(11)6-3-5(4-12)13-9(6)7/h1-3,12H,4,11H2. The lowest BCUT2D eigenvalue weighted by Crippen LogP contribution is -1.85. The Labute approximate surface area is 78.4 Å². The van der Waals surface area contributed by atoms with Gasteiger partial charge in [0.25, 0.3) is 0 Å². The molecule has 4 heteroatoms. The van der Waals surface area contributed by atoms with Crippen LogP contribution in [-0.2, 0) is 6.61 Å². The number of aliphatic hydroxyl groups excluding tert-OH is 1. The highest BCUT2D eigenvalue weighted by Crippen LogP contribution is 2.31. The summed E-state index contributed by atoms with van der Waals surface area (Å²) in [6, 6.07) is 4.60. The highest BCUT2D eigenvalue weighted by molar-refractivity contribution is 7.19. The zero-order valence-electron chi connectivity index (χ0n) is 6.75. The van der Waals surface area contributed by atoms with E-state index >= 15 is 0 Å². The Morgan fingerprint density at radius 3 is 2.85 bits per heavy atom. The molecular formula is C9H8FNOS. The number of aliphatic hydroxyl groups is 1. The predicted octanol–water partition coefficient (Wildman–Crippen LogP) is 2.11. The molecule has 1 heterocycles. The molecule has 0 amide bonds. The fourth-order valence-corrected chi connectivity index (χ4v) is 2.20. The molecule has 1 aromatic carbocycles. The second-order valence-electron chi connectivity index (χ2n) is 2.75. The molecule has 1 aromatic heterocycles. The molecule has 0 fully saturated rings. The molecule has 13 heavy (non-hydrogen) atoms. The van der Waals surface area contributed by atoms with Crippen LogP contribution in [0.5, 0.6) is 0 Å². The molecular weight excluding hydrogens is 189 g/mol. The summed E-state index contributed by atoms with van der Waals surface area (Å²) >= 11 is 1.23. The van der Waals surface area contributed by atoms with Crippen LogP contribution in [0.4, 0.5) is 10.1 Å². The molecule has 0 aliphatic carbocycles. The van der Waals surface area contributed by atoms with Crippen molar-refractivity contribution in [3.05, 3.63) is 28.9 Å². The van der Waals surface area contributed by atoms with Crippen LogP contribution in [0, 0.1) is 5.82 Å². The third kappa shape index (κ3) is 1.28. The fourth-order valence-electron chi connectivity index (χ4n) is 1.24. The lowest BCUT2D eigenvalue weighted by Gasteiger charge is -1.95. The Balaban J connectivity index is 2.80. The van der Waals surface area contributed by atoms with Gasteiger partial charge in [0.15, 0.2) is 0 Å². The first-order valence-corrected chi connectivity index (χ1v) is 4.61. The summed E-state index contributed by atoms with van der Waals surface area (Å²) in [7, 11) is 0. The van der Waals surface area contributed by atoms with Crippen molar-refractivity contribution >= 4 is 27.1 Å². The quantitative estimate of drug-likeness (QED) is 0.688. The summed E-state index contributed by atoms with van der Waals surface area (Å²) in [5.74, 6) is -0.283. The number of nitrogens with two attached hydrogens (primary N) is 1. The van der Waals surface area contributed by atoms with Gasteiger partial charge >= 0.3 is 0 Å². The van der Waals surface area contributed by atoms with Crippen LogP contribution in [0.25, 0.3) is 10.1 Å². The molecule has 3 N–H and O–H groups in total. The minimum absolute atomic E-state index is 0.0712. The maximum absolute atomic E-state index is 13.2. The van der Waals surface area contributed by atoms with E-state index in [2.05, 4.69) is 0 Å². The van der Waals surface area contributed by atoms with Gasteiger partial charge in [-0.25, -0.2) is 4.39 Å². The van der Waals surface area contributed by atoms with E-state index in [-0.39, 0.29) is 12.4 Å². The van der Waals surface area contributed by atoms with Gasteiger partial charge in [-0.2, -0.15) is 0 Å². The van der Waals surface area contributed by atoms with Crippen LogP contribution in [0.1, 0.15) is 4.88 Å². The number of thiophene rings is 1. The van der Waals surface area contributed by atoms with E-state index in [1.807, 2.05) is 0 Å². The average molecular weight is 197 g/mol. The number of fused-ring (bicyclic) bond motifs is 1. The third-order valence-corrected chi connectivity index (χ3v) is 3.00.